The minimum atomic E-state index is -0.625. The zero-order valence-corrected chi connectivity index (χ0v) is 12.8. The van der Waals surface area contributed by atoms with Crippen LogP contribution in [0.15, 0.2) is 22.7 Å². The Kier molecular flexibility index (Phi) is 4.98. The van der Waals surface area contributed by atoms with Crippen LogP contribution < -0.4 is 5.32 Å². The van der Waals surface area contributed by atoms with E-state index < -0.39 is 5.60 Å². The predicted octanol–water partition coefficient (Wildman–Crippen LogP) is 3.62. The molecular formula is C15H21BrFNO. The number of benzene rings is 1. The normalized spacial score (nSPS) is 27.5. The summed E-state index contributed by atoms with van der Waals surface area (Å²) in [7, 11) is 0. The molecule has 0 bridgehead atoms. The molecule has 2 atom stereocenters. The van der Waals surface area contributed by atoms with Crippen LogP contribution in [0.2, 0.25) is 0 Å². The highest BCUT2D eigenvalue weighted by atomic mass is 79.9. The van der Waals surface area contributed by atoms with E-state index in [1.165, 1.54) is 12.5 Å². The Balaban J connectivity index is 1.87. The number of aliphatic hydroxyl groups is 1. The van der Waals surface area contributed by atoms with Crippen LogP contribution in [0.3, 0.4) is 0 Å². The molecule has 0 heterocycles. The maximum atomic E-state index is 13.6. The summed E-state index contributed by atoms with van der Waals surface area (Å²) in [6, 6.07) is 4.92. The average Bonchev–Trinajstić information content (AvgIpc) is 2.33. The molecule has 1 aromatic carbocycles. The van der Waals surface area contributed by atoms with Gasteiger partial charge in [0, 0.05) is 23.1 Å². The van der Waals surface area contributed by atoms with Gasteiger partial charge in [-0.1, -0.05) is 35.7 Å². The summed E-state index contributed by atoms with van der Waals surface area (Å²) in [5.41, 5.74) is 0.00185. The Hall–Kier alpha value is -0.450. The molecule has 2 nitrogen and oxygen atoms in total. The van der Waals surface area contributed by atoms with Gasteiger partial charge in [0.15, 0.2) is 0 Å². The van der Waals surface area contributed by atoms with E-state index in [9.17, 15) is 9.50 Å². The first-order chi connectivity index (χ1) is 8.98. The van der Waals surface area contributed by atoms with Crippen molar-refractivity contribution >= 4 is 15.9 Å². The third-order valence-electron chi connectivity index (χ3n) is 3.84. The highest BCUT2D eigenvalue weighted by Gasteiger charge is 2.32. The van der Waals surface area contributed by atoms with Crippen LogP contribution in [-0.4, -0.2) is 17.3 Å². The van der Waals surface area contributed by atoms with Crippen molar-refractivity contribution in [3.8, 4) is 0 Å². The summed E-state index contributed by atoms with van der Waals surface area (Å²) in [4.78, 5) is 0. The SMILES string of the molecule is CC1CCCC(O)(CNCc2cc(Br)ccc2F)C1. The molecule has 19 heavy (non-hydrogen) atoms. The highest BCUT2D eigenvalue weighted by molar-refractivity contribution is 9.10. The smallest absolute Gasteiger partial charge is 0.127 e. The van der Waals surface area contributed by atoms with E-state index in [1.807, 2.05) is 0 Å². The average molecular weight is 330 g/mol. The van der Waals surface area contributed by atoms with Crippen LogP contribution in [0, 0.1) is 11.7 Å². The Morgan fingerprint density at radius 2 is 2.32 bits per heavy atom. The lowest BCUT2D eigenvalue weighted by atomic mass is 9.79. The van der Waals surface area contributed by atoms with E-state index >= 15 is 0 Å². The topological polar surface area (TPSA) is 32.3 Å². The Morgan fingerprint density at radius 3 is 3.05 bits per heavy atom. The van der Waals surface area contributed by atoms with Gasteiger partial charge in [0.25, 0.3) is 0 Å². The van der Waals surface area contributed by atoms with Gasteiger partial charge in [-0.05, 0) is 37.0 Å². The zero-order valence-electron chi connectivity index (χ0n) is 11.3. The molecule has 0 saturated heterocycles. The molecule has 0 aliphatic heterocycles. The molecule has 4 heteroatoms. The van der Waals surface area contributed by atoms with Crippen molar-refractivity contribution in [1.82, 2.24) is 5.32 Å². The maximum absolute atomic E-state index is 13.6. The van der Waals surface area contributed by atoms with Crippen LogP contribution >= 0.6 is 15.9 Å². The number of nitrogens with one attached hydrogen (secondary N) is 1. The molecule has 0 spiro atoms. The molecule has 1 fully saturated rings. The van der Waals surface area contributed by atoms with Crippen LogP contribution in [0.1, 0.15) is 38.2 Å². The van der Waals surface area contributed by atoms with Crippen molar-refractivity contribution in [2.24, 2.45) is 5.92 Å². The van der Waals surface area contributed by atoms with Gasteiger partial charge in [-0.15, -0.1) is 0 Å². The molecule has 2 rings (SSSR count). The molecule has 0 amide bonds. The molecule has 1 saturated carbocycles. The third-order valence-corrected chi connectivity index (χ3v) is 4.34. The first kappa shape index (κ1) is 14.9. The molecule has 2 N–H and O–H groups in total. The molecule has 2 unspecified atom stereocenters. The second-order valence-corrected chi connectivity index (χ2v) is 6.68. The second kappa shape index (κ2) is 6.33. The molecule has 106 valence electrons. The summed E-state index contributed by atoms with van der Waals surface area (Å²) < 4.78 is 14.4. The molecule has 0 aromatic heterocycles. The van der Waals surface area contributed by atoms with Crippen molar-refractivity contribution < 1.29 is 9.50 Å². The quantitative estimate of drug-likeness (QED) is 0.884. The van der Waals surface area contributed by atoms with E-state index in [1.54, 1.807) is 12.1 Å². The van der Waals surface area contributed by atoms with Crippen LogP contribution in [0.5, 0.6) is 0 Å². The summed E-state index contributed by atoms with van der Waals surface area (Å²) in [6.07, 6.45) is 3.94. The number of halogens is 2. The molecular weight excluding hydrogens is 309 g/mol. The minimum Gasteiger partial charge on any atom is -0.389 e. The van der Waals surface area contributed by atoms with Crippen LogP contribution in [0.25, 0.3) is 0 Å². The van der Waals surface area contributed by atoms with Gasteiger partial charge in [-0.25, -0.2) is 4.39 Å². The van der Waals surface area contributed by atoms with E-state index in [-0.39, 0.29) is 5.82 Å². The van der Waals surface area contributed by atoms with Gasteiger partial charge in [0.1, 0.15) is 5.82 Å². The van der Waals surface area contributed by atoms with Gasteiger partial charge < -0.3 is 10.4 Å². The van der Waals surface area contributed by atoms with Gasteiger partial charge in [-0.2, -0.15) is 0 Å². The highest BCUT2D eigenvalue weighted by Crippen LogP contribution is 2.31. The van der Waals surface area contributed by atoms with Crippen molar-refractivity contribution in [1.29, 1.82) is 0 Å². The number of hydrogen-bond donors (Lipinski definition) is 2. The first-order valence-electron chi connectivity index (χ1n) is 6.85. The molecule has 0 radical (unpaired) electrons. The largest absolute Gasteiger partial charge is 0.389 e. The summed E-state index contributed by atoms with van der Waals surface area (Å²) in [6.45, 7) is 3.16. The fraction of sp³-hybridized carbons (Fsp3) is 0.600. The van der Waals surface area contributed by atoms with Crippen molar-refractivity contribution in [2.75, 3.05) is 6.54 Å². The monoisotopic (exact) mass is 329 g/mol. The van der Waals surface area contributed by atoms with Gasteiger partial charge in [-0.3, -0.25) is 0 Å². The van der Waals surface area contributed by atoms with Crippen molar-refractivity contribution in [3.63, 3.8) is 0 Å². The van der Waals surface area contributed by atoms with Gasteiger partial charge in [0.2, 0.25) is 0 Å². The zero-order chi connectivity index (χ0) is 13.9. The van der Waals surface area contributed by atoms with E-state index in [0.717, 1.165) is 23.7 Å². The van der Waals surface area contributed by atoms with Crippen LogP contribution in [-0.2, 0) is 6.54 Å². The first-order valence-corrected chi connectivity index (χ1v) is 7.65. The summed E-state index contributed by atoms with van der Waals surface area (Å²) in [5.74, 6) is 0.364. The van der Waals surface area contributed by atoms with E-state index in [2.05, 4.69) is 28.2 Å². The Morgan fingerprint density at radius 1 is 1.53 bits per heavy atom. The summed E-state index contributed by atoms with van der Waals surface area (Å²) in [5, 5.41) is 13.7. The maximum Gasteiger partial charge on any atom is 0.127 e. The molecule has 1 aliphatic carbocycles. The lowest BCUT2D eigenvalue weighted by molar-refractivity contribution is -0.0119. The third kappa shape index (κ3) is 4.26. The van der Waals surface area contributed by atoms with Crippen molar-refractivity contribution in [3.05, 3.63) is 34.1 Å². The Labute approximate surface area is 122 Å². The number of hydrogen-bond acceptors (Lipinski definition) is 2. The second-order valence-electron chi connectivity index (χ2n) is 5.77. The standard InChI is InChI=1S/C15H21BrFNO/c1-11-3-2-6-15(19,8-11)10-18-9-12-7-13(16)4-5-14(12)17/h4-5,7,11,18-19H,2-3,6,8-10H2,1H3. The predicted molar refractivity (Wildman–Crippen MR) is 78.4 cm³/mol. The van der Waals surface area contributed by atoms with E-state index in [4.69, 9.17) is 0 Å². The summed E-state index contributed by atoms with van der Waals surface area (Å²) >= 11 is 3.34. The van der Waals surface area contributed by atoms with Crippen LogP contribution in [0.4, 0.5) is 4.39 Å². The van der Waals surface area contributed by atoms with Gasteiger partial charge in [0.05, 0.1) is 5.60 Å². The molecule has 1 aliphatic rings. The minimum absolute atomic E-state index is 0.209. The van der Waals surface area contributed by atoms with Gasteiger partial charge >= 0.3 is 0 Å². The lowest BCUT2D eigenvalue weighted by Gasteiger charge is -2.35. The van der Waals surface area contributed by atoms with E-state index in [0.29, 0.717) is 24.6 Å². The number of rotatable bonds is 4. The van der Waals surface area contributed by atoms with Crippen molar-refractivity contribution in [2.45, 2.75) is 44.8 Å². The molecule has 1 aromatic rings. The fourth-order valence-corrected chi connectivity index (χ4v) is 3.31. The fourth-order valence-electron chi connectivity index (χ4n) is 2.90. The lowest BCUT2D eigenvalue weighted by Crippen LogP contribution is -2.43. The Bertz CT molecular complexity index is 440.